The number of hydrogen-bond acceptors (Lipinski definition) is 6. The van der Waals surface area contributed by atoms with Crippen molar-refractivity contribution in [2.45, 2.75) is 20.0 Å². The van der Waals surface area contributed by atoms with Crippen molar-refractivity contribution in [1.29, 1.82) is 0 Å². The Kier molecular flexibility index (Phi) is 6.70. The average Bonchev–Trinajstić information content (AvgIpc) is 2.96. The van der Waals surface area contributed by atoms with Gasteiger partial charge in [0, 0.05) is 0 Å². The molecule has 0 radical (unpaired) electrons. The lowest BCUT2D eigenvalue weighted by Crippen LogP contribution is -2.27. The van der Waals surface area contributed by atoms with E-state index in [0.717, 1.165) is 11.8 Å². The number of hydrogen-bond donors (Lipinski definition) is 1. The second-order valence-electron chi connectivity index (χ2n) is 6.57. The number of anilines is 1. The van der Waals surface area contributed by atoms with Gasteiger partial charge in [0.2, 0.25) is 0 Å². The Hall–Kier alpha value is -2.55. The van der Waals surface area contributed by atoms with Crippen molar-refractivity contribution in [2.75, 3.05) is 12.0 Å². The molecule has 0 unspecified atom stereocenters. The molecule has 1 fully saturated rings. The molecule has 1 N–H and O–H groups in total. The summed E-state index contributed by atoms with van der Waals surface area (Å²) in [7, 11) is 1.51. The molecule has 1 aliphatic heterocycles. The van der Waals surface area contributed by atoms with Gasteiger partial charge < -0.3 is 14.6 Å². The molecule has 0 aromatic heterocycles. The van der Waals surface area contributed by atoms with Gasteiger partial charge in [0.15, 0.2) is 15.8 Å². The predicted octanol–water partition coefficient (Wildman–Crippen LogP) is 5.24. The maximum absolute atomic E-state index is 13.0. The van der Waals surface area contributed by atoms with Gasteiger partial charge >= 0.3 is 5.97 Å². The van der Waals surface area contributed by atoms with Crippen molar-refractivity contribution in [3.63, 3.8) is 0 Å². The molecule has 1 amide bonds. The van der Waals surface area contributed by atoms with E-state index in [1.54, 1.807) is 30.3 Å². The zero-order chi connectivity index (χ0) is 22.0. The van der Waals surface area contributed by atoms with Crippen molar-refractivity contribution in [3.05, 3.63) is 57.5 Å². The zero-order valence-corrected chi connectivity index (χ0v) is 18.7. The first-order valence-corrected chi connectivity index (χ1v) is 10.5. The van der Waals surface area contributed by atoms with Gasteiger partial charge in [-0.15, -0.1) is 0 Å². The number of thioether (sulfide) groups is 1. The highest BCUT2D eigenvalue weighted by atomic mass is 35.5. The van der Waals surface area contributed by atoms with Crippen LogP contribution in [0.5, 0.6) is 11.5 Å². The fourth-order valence-electron chi connectivity index (χ4n) is 2.79. The Morgan fingerprint density at radius 2 is 2.03 bits per heavy atom. The molecule has 30 heavy (non-hydrogen) atoms. The Labute approximate surface area is 188 Å². The first-order chi connectivity index (χ1) is 14.2. The van der Waals surface area contributed by atoms with Crippen LogP contribution in [0.3, 0.4) is 0 Å². The molecule has 156 valence electrons. The number of benzene rings is 2. The maximum Gasteiger partial charge on any atom is 0.335 e. The smallest absolute Gasteiger partial charge is 0.335 e. The summed E-state index contributed by atoms with van der Waals surface area (Å²) >= 11 is 12.8. The van der Waals surface area contributed by atoms with Crippen LogP contribution >= 0.6 is 35.6 Å². The highest BCUT2D eigenvalue weighted by molar-refractivity contribution is 8.27. The summed E-state index contributed by atoms with van der Waals surface area (Å²) in [6.07, 6.45) is 1.58. The number of aromatic carboxylic acids is 1. The number of rotatable bonds is 6. The molecule has 3 rings (SSSR count). The molecule has 9 heteroatoms. The van der Waals surface area contributed by atoms with Gasteiger partial charge in [0.05, 0.1) is 34.4 Å². The van der Waals surface area contributed by atoms with Crippen LogP contribution in [0.25, 0.3) is 6.08 Å². The minimum absolute atomic E-state index is 0.0720. The summed E-state index contributed by atoms with van der Waals surface area (Å²) < 4.78 is 11.4. The first-order valence-electron chi connectivity index (χ1n) is 8.86. The van der Waals surface area contributed by atoms with Crippen molar-refractivity contribution < 1.29 is 24.2 Å². The fourth-order valence-corrected chi connectivity index (χ4v) is 4.36. The van der Waals surface area contributed by atoms with E-state index >= 15 is 0 Å². The number of amides is 1. The summed E-state index contributed by atoms with van der Waals surface area (Å²) in [5, 5.41) is 9.56. The van der Waals surface area contributed by atoms with Gasteiger partial charge in [0.25, 0.3) is 5.91 Å². The number of methoxy groups -OCH3 is 1. The largest absolute Gasteiger partial charge is 0.493 e. The van der Waals surface area contributed by atoms with Crippen molar-refractivity contribution >= 4 is 63.5 Å². The number of carbonyl (C=O) groups excluding carboxylic acids is 1. The van der Waals surface area contributed by atoms with Crippen LogP contribution in [0.4, 0.5) is 5.69 Å². The number of carboxylic acid groups (broad SMARTS) is 1. The Morgan fingerprint density at radius 3 is 2.67 bits per heavy atom. The van der Waals surface area contributed by atoms with Gasteiger partial charge in [-0.3, -0.25) is 9.69 Å². The quantitative estimate of drug-likeness (QED) is 0.463. The van der Waals surface area contributed by atoms with Gasteiger partial charge in [-0.1, -0.05) is 41.6 Å². The zero-order valence-electron chi connectivity index (χ0n) is 16.3. The Bertz CT molecular complexity index is 1070. The molecule has 0 bridgehead atoms. The summed E-state index contributed by atoms with van der Waals surface area (Å²) in [6, 6.07) is 9.47. The Balaban J connectivity index is 1.95. The molecular formula is C21H18ClNO5S2. The van der Waals surface area contributed by atoms with E-state index in [4.69, 9.17) is 33.3 Å². The van der Waals surface area contributed by atoms with Crippen molar-refractivity contribution in [3.8, 4) is 11.5 Å². The number of ether oxygens (including phenoxy) is 2. The number of halogens is 1. The summed E-state index contributed by atoms with van der Waals surface area (Å²) in [5.74, 6) is -0.537. The predicted molar refractivity (Wildman–Crippen MR) is 123 cm³/mol. The minimum atomic E-state index is -1.08. The van der Waals surface area contributed by atoms with E-state index in [0.29, 0.717) is 37.0 Å². The molecule has 1 saturated heterocycles. The second-order valence-corrected chi connectivity index (χ2v) is 8.66. The molecule has 0 atom stereocenters. The van der Waals surface area contributed by atoms with Gasteiger partial charge in [-0.05, 0) is 55.8 Å². The lowest BCUT2D eigenvalue weighted by Gasteiger charge is -2.16. The molecule has 2 aromatic carbocycles. The third-order valence-corrected chi connectivity index (χ3v) is 5.63. The summed E-state index contributed by atoms with van der Waals surface area (Å²) in [5.41, 5.74) is 1.12. The molecule has 0 saturated carbocycles. The molecule has 6 nitrogen and oxygen atoms in total. The van der Waals surface area contributed by atoms with E-state index in [1.165, 1.54) is 24.1 Å². The molecular weight excluding hydrogens is 446 g/mol. The standard InChI is InChI=1S/C21H18ClNO5S2/c1-11(2)28-18-15(22)7-12(8-16(18)27-3)9-17-19(24)23(21(29)30-17)14-6-4-5-13(10-14)20(25)26/h4-11H,1-3H3,(H,25,26)/b17-9-. The molecule has 1 aliphatic rings. The SMILES string of the molecule is COc1cc(/C=C2\SC(=S)N(c3cccc(C(=O)O)c3)C2=O)cc(Cl)c1OC(C)C. The third kappa shape index (κ3) is 4.61. The number of thiocarbonyl (C=S) groups is 1. The van der Waals surface area contributed by atoms with Crippen LogP contribution in [0.15, 0.2) is 41.3 Å². The molecule has 0 spiro atoms. The van der Waals surface area contributed by atoms with Crippen LogP contribution < -0.4 is 14.4 Å². The van der Waals surface area contributed by atoms with Crippen molar-refractivity contribution in [1.82, 2.24) is 0 Å². The fraction of sp³-hybridized carbons (Fsp3) is 0.190. The van der Waals surface area contributed by atoms with Crippen LogP contribution in [-0.4, -0.2) is 34.5 Å². The van der Waals surface area contributed by atoms with E-state index in [-0.39, 0.29) is 17.6 Å². The lowest BCUT2D eigenvalue weighted by molar-refractivity contribution is -0.113. The number of carboxylic acids is 1. The third-order valence-electron chi connectivity index (χ3n) is 4.05. The Morgan fingerprint density at radius 1 is 1.30 bits per heavy atom. The van der Waals surface area contributed by atoms with Crippen LogP contribution in [0, 0.1) is 0 Å². The van der Waals surface area contributed by atoms with Crippen LogP contribution in [0.2, 0.25) is 5.02 Å². The van der Waals surface area contributed by atoms with Gasteiger partial charge in [-0.25, -0.2) is 4.79 Å². The summed E-state index contributed by atoms with van der Waals surface area (Å²) in [4.78, 5) is 25.9. The normalized spacial score (nSPS) is 15.2. The summed E-state index contributed by atoms with van der Waals surface area (Å²) in [6.45, 7) is 3.77. The molecule has 1 heterocycles. The second kappa shape index (κ2) is 9.07. The van der Waals surface area contributed by atoms with Gasteiger partial charge in [-0.2, -0.15) is 0 Å². The van der Waals surface area contributed by atoms with Crippen molar-refractivity contribution in [2.24, 2.45) is 0 Å². The lowest BCUT2D eigenvalue weighted by atomic mass is 10.1. The first kappa shape index (κ1) is 22.1. The van der Waals surface area contributed by atoms with E-state index in [9.17, 15) is 14.7 Å². The highest BCUT2D eigenvalue weighted by Gasteiger charge is 2.33. The topological polar surface area (TPSA) is 76.1 Å². The van der Waals surface area contributed by atoms with Crippen LogP contribution in [-0.2, 0) is 4.79 Å². The van der Waals surface area contributed by atoms with E-state index in [2.05, 4.69) is 0 Å². The average molecular weight is 464 g/mol. The number of carbonyl (C=O) groups is 2. The molecule has 0 aliphatic carbocycles. The van der Waals surface area contributed by atoms with E-state index < -0.39 is 5.97 Å². The maximum atomic E-state index is 13.0. The molecule has 2 aromatic rings. The van der Waals surface area contributed by atoms with Gasteiger partial charge in [0.1, 0.15) is 0 Å². The monoisotopic (exact) mass is 463 g/mol. The number of nitrogens with zero attached hydrogens (tertiary/aromatic N) is 1. The van der Waals surface area contributed by atoms with E-state index in [1.807, 2.05) is 13.8 Å². The minimum Gasteiger partial charge on any atom is -0.493 e. The van der Waals surface area contributed by atoms with Crippen LogP contribution in [0.1, 0.15) is 29.8 Å². The highest BCUT2D eigenvalue weighted by Crippen LogP contribution is 2.40.